The van der Waals surface area contributed by atoms with E-state index in [-0.39, 0.29) is 24.1 Å². The van der Waals surface area contributed by atoms with Gasteiger partial charge in [-0.05, 0) is 67.7 Å². The molecule has 1 amide bonds. The maximum atomic E-state index is 13.6. The van der Waals surface area contributed by atoms with E-state index in [0.29, 0.717) is 17.9 Å². The molecule has 2 aromatic carbocycles. The average molecular weight is 535 g/mol. The minimum atomic E-state index is -0.995. The van der Waals surface area contributed by atoms with Crippen molar-refractivity contribution in [1.82, 2.24) is 19.8 Å². The van der Waals surface area contributed by atoms with E-state index in [0.717, 1.165) is 35.1 Å². The number of halogens is 2. The van der Waals surface area contributed by atoms with E-state index >= 15 is 0 Å². The van der Waals surface area contributed by atoms with E-state index in [1.54, 1.807) is 12.3 Å². The lowest BCUT2D eigenvalue weighted by Crippen LogP contribution is -2.33. The first kappa shape index (κ1) is 27.9. The highest BCUT2D eigenvalue weighted by molar-refractivity contribution is 5.93. The second-order valence-corrected chi connectivity index (χ2v) is 10.6. The summed E-state index contributed by atoms with van der Waals surface area (Å²) in [5, 5.41) is 3.63. The minimum absolute atomic E-state index is 0.00293. The lowest BCUT2D eigenvalue weighted by Gasteiger charge is -2.28. The van der Waals surface area contributed by atoms with Crippen molar-refractivity contribution in [2.75, 3.05) is 27.2 Å². The Hall–Kier alpha value is -4.11. The first-order valence-electron chi connectivity index (χ1n) is 12.6. The number of carbonyl (C=O) groups excluding carboxylic acids is 1. The van der Waals surface area contributed by atoms with E-state index in [4.69, 9.17) is 4.74 Å². The summed E-state index contributed by atoms with van der Waals surface area (Å²) in [5.74, 6) is -1.78. The van der Waals surface area contributed by atoms with Gasteiger partial charge in [-0.15, -0.1) is 0 Å². The van der Waals surface area contributed by atoms with Gasteiger partial charge >= 0.3 is 0 Å². The van der Waals surface area contributed by atoms with Crippen LogP contribution >= 0.6 is 0 Å². The lowest BCUT2D eigenvalue weighted by molar-refractivity contribution is 0.0948. The van der Waals surface area contributed by atoms with Crippen molar-refractivity contribution in [3.05, 3.63) is 106 Å². The molecule has 1 N–H and O–H groups in total. The molecule has 0 bridgehead atoms. The Morgan fingerprint density at radius 1 is 1.05 bits per heavy atom. The van der Waals surface area contributed by atoms with Crippen molar-refractivity contribution in [3.63, 3.8) is 0 Å². The number of ether oxygens (including phenoxy) is 1. The molecule has 204 valence electrons. The summed E-state index contributed by atoms with van der Waals surface area (Å²) >= 11 is 0. The minimum Gasteiger partial charge on any atom is -0.492 e. The number of hydrogen-bond acceptors (Lipinski definition) is 5. The molecule has 0 fully saturated rings. The van der Waals surface area contributed by atoms with E-state index in [1.165, 1.54) is 22.9 Å². The molecular formula is C30H32F2N4O3. The Morgan fingerprint density at radius 3 is 2.56 bits per heavy atom. The predicted octanol–water partition coefficient (Wildman–Crippen LogP) is 4.62. The van der Waals surface area contributed by atoms with Crippen LogP contribution < -0.4 is 15.6 Å². The monoisotopic (exact) mass is 534 g/mol. The number of amides is 1. The molecule has 0 aliphatic heterocycles. The number of hydrogen-bond donors (Lipinski definition) is 1. The van der Waals surface area contributed by atoms with Gasteiger partial charge in [0, 0.05) is 36.3 Å². The zero-order chi connectivity index (χ0) is 28.2. The number of nitrogens with zero attached hydrogens (tertiary/aromatic N) is 3. The fourth-order valence-corrected chi connectivity index (χ4v) is 4.53. The third kappa shape index (κ3) is 7.06. The molecule has 2 heterocycles. The average Bonchev–Trinajstić information content (AvgIpc) is 2.88. The van der Waals surface area contributed by atoms with Crippen molar-refractivity contribution in [1.29, 1.82) is 0 Å². The van der Waals surface area contributed by atoms with Crippen molar-refractivity contribution in [2.45, 2.75) is 26.9 Å². The van der Waals surface area contributed by atoms with Crippen LogP contribution in [0.1, 0.15) is 35.3 Å². The Labute approximate surface area is 226 Å². The second-order valence-electron chi connectivity index (χ2n) is 10.6. The van der Waals surface area contributed by atoms with Crippen LogP contribution in [-0.4, -0.2) is 47.6 Å². The fourth-order valence-electron chi connectivity index (χ4n) is 4.53. The highest BCUT2D eigenvalue weighted by atomic mass is 19.2. The highest BCUT2D eigenvalue weighted by Gasteiger charge is 2.21. The molecule has 0 saturated carbocycles. The molecule has 39 heavy (non-hydrogen) atoms. The van der Waals surface area contributed by atoms with Gasteiger partial charge in [0.2, 0.25) is 0 Å². The maximum Gasteiger partial charge on any atom is 0.263 e. The van der Waals surface area contributed by atoms with Crippen LogP contribution in [0, 0.1) is 17.0 Å². The van der Waals surface area contributed by atoms with E-state index < -0.39 is 23.1 Å². The fraction of sp³-hybridized carbons (Fsp3) is 0.300. The normalized spacial score (nSPS) is 11.7. The summed E-state index contributed by atoms with van der Waals surface area (Å²) in [6.07, 6.45) is 3.21. The lowest BCUT2D eigenvalue weighted by atomic mass is 9.94. The summed E-state index contributed by atoms with van der Waals surface area (Å²) < 4.78 is 34.3. The second kappa shape index (κ2) is 11.7. The van der Waals surface area contributed by atoms with Crippen LogP contribution in [0.3, 0.4) is 0 Å². The number of rotatable bonds is 10. The largest absolute Gasteiger partial charge is 0.492 e. The molecule has 0 radical (unpaired) electrons. The van der Waals surface area contributed by atoms with Crippen LogP contribution in [0.25, 0.3) is 10.9 Å². The predicted molar refractivity (Wildman–Crippen MR) is 147 cm³/mol. The standard InChI is InChI=1S/C30H32F2N4O3/c1-30(2,18-35(3)4)19-39-27-11-12-33-26-10-8-20(14-23(26)27)16-34-28(37)22-6-5-13-36(29(22)38)17-21-7-9-24(31)25(32)15-21/h5-15H,16-19H2,1-4H3,(H,34,37). The van der Waals surface area contributed by atoms with Crippen molar-refractivity contribution < 1.29 is 18.3 Å². The van der Waals surface area contributed by atoms with Crippen LogP contribution in [-0.2, 0) is 13.1 Å². The molecule has 0 unspecified atom stereocenters. The number of carbonyl (C=O) groups is 1. The molecule has 7 nitrogen and oxygen atoms in total. The first-order chi connectivity index (χ1) is 18.5. The number of nitrogens with one attached hydrogen (secondary N) is 1. The van der Waals surface area contributed by atoms with Crippen LogP contribution in [0.2, 0.25) is 0 Å². The van der Waals surface area contributed by atoms with Gasteiger partial charge in [0.1, 0.15) is 11.3 Å². The van der Waals surface area contributed by atoms with Crippen molar-refractivity contribution in [3.8, 4) is 5.75 Å². The Bertz CT molecular complexity index is 1550. The van der Waals surface area contributed by atoms with Gasteiger partial charge < -0.3 is 19.5 Å². The third-order valence-electron chi connectivity index (χ3n) is 6.18. The van der Waals surface area contributed by atoms with E-state index in [2.05, 4.69) is 29.0 Å². The van der Waals surface area contributed by atoms with Gasteiger partial charge in [-0.3, -0.25) is 14.6 Å². The van der Waals surface area contributed by atoms with Gasteiger partial charge in [-0.2, -0.15) is 0 Å². The molecule has 0 aliphatic rings. The summed E-state index contributed by atoms with van der Waals surface area (Å²) in [4.78, 5) is 32.4. The van der Waals surface area contributed by atoms with Crippen LogP contribution in [0.4, 0.5) is 8.78 Å². The van der Waals surface area contributed by atoms with Gasteiger partial charge in [-0.1, -0.05) is 26.0 Å². The Kier molecular flexibility index (Phi) is 8.40. The van der Waals surface area contributed by atoms with Crippen LogP contribution in [0.15, 0.2) is 71.8 Å². The van der Waals surface area contributed by atoms with Crippen molar-refractivity contribution >= 4 is 16.8 Å². The van der Waals surface area contributed by atoms with Gasteiger partial charge in [0.05, 0.1) is 18.7 Å². The quantitative estimate of drug-likeness (QED) is 0.321. The molecule has 2 aromatic heterocycles. The van der Waals surface area contributed by atoms with Crippen molar-refractivity contribution in [2.24, 2.45) is 5.41 Å². The number of pyridine rings is 2. The zero-order valence-corrected chi connectivity index (χ0v) is 22.5. The molecule has 0 atom stereocenters. The van der Waals surface area contributed by atoms with Crippen LogP contribution in [0.5, 0.6) is 5.75 Å². The highest BCUT2D eigenvalue weighted by Crippen LogP contribution is 2.27. The Morgan fingerprint density at radius 2 is 1.82 bits per heavy atom. The van der Waals surface area contributed by atoms with Gasteiger partial charge in [0.25, 0.3) is 11.5 Å². The first-order valence-corrected chi connectivity index (χ1v) is 12.6. The summed E-state index contributed by atoms with van der Waals surface area (Å²) in [6.45, 7) is 5.88. The van der Waals surface area contributed by atoms with Gasteiger partial charge in [-0.25, -0.2) is 8.78 Å². The summed E-state index contributed by atoms with van der Waals surface area (Å²) in [6, 6.07) is 13.9. The molecule has 0 aliphatic carbocycles. The topological polar surface area (TPSA) is 76.5 Å². The molecule has 0 saturated heterocycles. The Balaban J connectivity index is 1.47. The number of aromatic nitrogens is 2. The third-order valence-corrected chi connectivity index (χ3v) is 6.18. The van der Waals surface area contributed by atoms with E-state index in [1.807, 2.05) is 38.4 Å². The van der Waals surface area contributed by atoms with Gasteiger partial charge in [0.15, 0.2) is 11.6 Å². The molecule has 0 spiro atoms. The summed E-state index contributed by atoms with van der Waals surface area (Å²) in [7, 11) is 4.06. The number of fused-ring (bicyclic) bond motifs is 1. The summed E-state index contributed by atoms with van der Waals surface area (Å²) in [5.41, 5.74) is 1.36. The zero-order valence-electron chi connectivity index (χ0n) is 22.5. The molecule has 4 rings (SSSR count). The number of benzene rings is 2. The van der Waals surface area contributed by atoms with E-state index in [9.17, 15) is 18.4 Å². The smallest absolute Gasteiger partial charge is 0.263 e. The SMILES string of the molecule is CN(C)CC(C)(C)COc1ccnc2ccc(CNC(=O)c3cccn(Cc4ccc(F)c(F)c4)c3=O)cc12. The molecular weight excluding hydrogens is 502 g/mol. The molecule has 9 heteroatoms. The molecule has 4 aromatic rings. The maximum absolute atomic E-state index is 13.6.